The van der Waals surface area contributed by atoms with Crippen LogP contribution >= 0.6 is 11.3 Å². The Morgan fingerprint density at radius 1 is 1.03 bits per heavy atom. The van der Waals surface area contributed by atoms with Crippen LogP contribution in [-0.2, 0) is 11.4 Å². The van der Waals surface area contributed by atoms with Gasteiger partial charge in [-0.15, -0.1) is 11.3 Å². The average Bonchev–Trinajstić information content (AvgIpc) is 3.66. The van der Waals surface area contributed by atoms with Crippen LogP contribution in [0.5, 0.6) is 5.75 Å². The fourth-order valence-electron chi connectivity index (χ4n) is 3.59. The first-order valence-electron chi connectivity index (χ1n) is 11.1. The number of carbonyl (C=O) groups is 2. The van der Waals surface area contributed by atoms with Crippen molar-refractivity contribution in [2.45, 2.75) is 6.61 Å². The molecule has 0 aliphatic heterocycles. The number of ether oxygens (including phenoxy) is 1. The summed E-state index contributed by atoms with van der Waals surface area (Å²) in [5.41, 5.74) is 5.42. The zero-order valence-corrected chi connectivity index (χ0v) is 20.4. The highest BCUT2D eigenvalue weighted by atomic mass is 32.1. The first-order valence-corrected chi connectivity index (χ1v) is 12.0. The molecule has 0 bridgehead atoms. The number of amides is 1. The Morgan fingerprint density at radius 2 is 1.89 bits per heavy atom. The molecule has 0 saturated heterocycles. The van der Waals surface area contributed by atoms with Crippen LogP contribution in [0.15, 0.2) is 89.2 Å². The lowest BCUT2D eigenvalue weighted by Gasteiger charge is -2.11. The Bertz CT molecular complexity index is 1530. The van der Waals surface area contributed by atoms with E-state index in [4.69, 9.17) is 14.0 Å². The summed E-state index contributed by atoms with van der Waals surface area (Å²) in [5.74, 6) is 0.461. The van der Waals surface area contributed by atoms with Gasteiger partial charge in [0.05, 0.1) is 13.4 Å². The summed E-state index contributed by atoms with van der Waals surface area (Å²) in [4.78, 5) is 43.9. The van der Waals surface area contributed by atoms with E-state index >= 15 is 0 Å². The van der Waals surface area contributed by atoms with Crippen molar-refractivity contribution in [3.63, 3.8) is 0 Å². The van der Waals surface area contributed by atoms with Crippen molar-refractivity contribution < 1.29 is 23.6 Å². The third kappa shape index (κ3) is 5.30. The van der Waals surface area contributed by atoms with Gasteiger partial charge in [0, 0.05) is 40.7 Å². The standard InChI is InChI=1S/C27H20N4O5S/c1-34-19-7-6-18(15-36-31-26(33)17-8-11-28-12-9-17)21(14-19)27-30-22(16-37-27)25(32)24-20(4-2-10-29-24)23-5-3-13-35-23/h2-14,16H,15H2,1H3,(H,31,33). The van der Waals surface area contributed by atoms with Gasteiger partial charge in [0.2, 0.25) is 5.78 Å². The number of ketones is 1. The van der Waals surface area contributed by atoms with E-state index in [2.05, 4.69) is 20.4 Å². The van der Waals surface area contributed by atoms with Crippen molar-refractivity contribution in [2.75, 3.05) is 7.11 Å². The van der Waals surface area contributed by atoms with E-state index in [0.717, 1.165) is 5.56 Å². The Morgan fingerprint density at radius 3 is 2.68 bits per heavy atom. The summed E-state index contributed by atoms with van der Waals surface area (Å²) >= 11 is 1.31. The van der Waals surface area contributed by atoms with E-state index in [9.17, 15) is 9.59 Å². The number of rotatable bonds is 9. The molecule has 0 atom stereocenters. The number of hydroxylamine groups is 1. The molecule has 1 aromatic carbocycles. The van der Waals surface area contributed by atoms with Crippen LogP contribution in [0.1, 0.15) is 32.1 Å². The molecule has 9 nitrogen and oxygen atoms in total. The molecule has 4 aromatic heterocycles. The molecule has 4 heterocycles. The molecule has 0 radical (unpaired) electrons. The number of hydrogen-bond donors (Lipinski definition) is 1. The van der Waals surface area contributed by atoms with Gasteiger partial charge in [-0.3, -0.25) is 24.4 Å². The van der Waals surface area contributed by atoms with E-state index in [1.165, 1.54) is 23.7 Å². The minimum absolute atomic E-state index is 0.0713. The summed E-state index contributed by atoms with van der Waals surface area (Å²) in [6, 6.07) is 15.7. The topological polar surface area (TPSA) is 116 Å². The van der Waals surface area contributed by atoms with Crippen LogP contribution < -0.4 is 10.2 Å². The summed E-state index contributed by atoms with van der Waals surface area (Å²) in [7, 11) is 1.57. The first-order chi connectivity index (χ1) is 18.1. The van der Waals surface area contributed by atoms with Gasteiger partial charge in [-0.2, -0.15) is 0 Å². The number of nitrogens with one attached hydrogen (secondary N) is 1. The number of benzene rings is 1. The third-order valence-corrected chi connectivity index (χ3v) is 6.30. The van der Waals surface area contributed by atoms with Crippen molar-refractivity contribution in [1.29, 1.82) is 0 Å². The molecule has 0 fully saturated rings. The van der Waals surface area contributed by atoms with Gasteiger partial charge >= 0.3 is 0 Å². The maximum atomic E-state index is 13.3. The molecule has 184 valence electrons. The van der Waals surface area contributed by atoms with Crippen molar-refractivity contribution in [3.8, 4) is 27.6 Å². The third-order valence-electron chi connectivity index (χ3n) is 5.43. The lowest BCUT2D eigenvalue weighted by Crippen LogP contribution is -2.23. The van der Waals surface area contributed by atoms with Gasteiger partial charge in [0.1, 0.15) is 34.5 Å². The van der Waals surface area contributed by atoms with Crippen LogP contribution in [0.3, 0.4) is 0 Å². The van der Waals surface area contributed by atoms with Crippen molar-refractivity contribution in [3.05, 3.63) is 107 Å². The fraction of sp³-hybridized carbons (Fsp3) is 0.0741. The number of thiazole rings is 1. The molecule has 1 N–H and O–H groups in total. The molecule has 0 aliphatic rings. The van der Waals surface area contributed by atoms with Crippen LogP contribution in [-0.4, -0.2) is 33.8 Å². The molecule has 10 heteroatoms. The van der Waals surface area contributed by atoms with E-state index in [-0.39, 0.29) is 29.7 Å². The largest absolute Gasteiger partial charge is 0.497 e. The Kier molecular flexibility index (Phi) is 7.11. The second-order valence-electron chi connectivity index (χ2n) is 7.72. The minimum atomic E-state index is -0.387. The van der Waals surface area contributed by atoms with Crippen LogP contribution in [0.2, 0.25) is 0 Å². The quantitative estimate of drug-likeness (QED) is 0.218. The van der Waals surface area contributed by atoms with Crippen LogP contribution in [0, 0.1) is 0 Å². The van der Waals surface area contributed by atoms with E-state index in [1.54, 1.807) is 67.4 Å². The molecule has 5 aromatic rings. The van der Waals surface area contributed by atoms with Crippen molar-refractivity contribution >= 4 is 23.0 Å². The van der Waals surface area contributed by atoms with Crippen LogP contribution in [0.4, 0.5) is 0 Å². The fourth-order valence-corrected chi connectivity index (χ4v) is 4.44. The molecule has 5 rings (SSSR count). The molecule has 37 heavy (non-hydrogen) atoms. The van der Waals surface area contributed by atoms with E-state index in [1.807, 2.05) is 12.1 Å². The zero-order valence-electron chi connectivity index (χ0n) is 19.6. The Labute approximate surface area is 215 Å². The minimum Gasteiger partial charge on any atom is -0.497 e. The molecule has 0 unspecified atom stereocenters. The van der Waals surface area contributed by atoms with Crippen LogP contribution in [0.25, 0.3) is 21.9 Å². The molecular formula is C27H20N4O5S. The summed E-state index contributed by atoms with van der Waals surface area (Å²) in [6.07, 6.45) is 6.16. The van der Waals surface area contributed by atoms with Crippen molar-refractivity contribution in [1.82, 2.24) is 20.4 Å². The SMILES string of the molecule is COc1ccc(CONC(=O)c2ccncc2)c(-c2nc(C(=O)c3ncccc3-c3ccco3)cs2)c1. The average molecular weight is 513 g/mol. The Hall–Kier alpha value is -4.67. The van der Waals surface area contributed by atoms with Gasteiger partial charge in [0.25, 0.3) is 5.91 Å². The molecule has 0 spiro atoms. The van der Waals surface area contributed by atoms with Gasteiger partial charge in [-0.1, -0.05) is 6.07 Å². The number of furan rings is 1. The Balaban J connectivity index is 1.38. The second-order valence-corrected chi connectivity index (χ2v) is 8.58. The number of hydrogen-bond acceptors (Lipinski definition) is 9. The number of methoxy groups -OCH3 is 1. The highest BCUT2D eigenvalue weighted by molar-refractivity contribution is 7.13. The molecule has 1 amide bonds. The lowest BCUT2D eigenvalue weighted by molar-refractivity contribution is 0.0234. The molecular weight excluding hydrogens is 492 g/mol. The predicted octanol–water partition coefficient (Wildman–Crippen LogP) is 4.96. The highest BCUT2D eigenvalue weighted by Crippen LogP contribution is 2.32. The zero-order chi connectivity index (χ0) is 25.6. The molecule has 0 saturated carbocycles. The molecule has 0 aliphatic carbocycles. The predicted molar refractivity (Wildman–Crippen MR) is 136 cm³/mol. The summed E-state index contributed by atoms with van der Waals surface area (Å²) < 4.78 is 10.9. The van der Waals surface area contributed by atoms with Crippen molar-refractivity contribution in [2.24, 2.45) is 0 Å². The normalized spacial score (nSPS) is 10.7. The maximum Gasteiger partial charge on any atom is 0.274 e. The van der Waals surface area contributed by atoms with E-state index < -0.39 is 0 Å². The van der Waals surface area contributed by atoms with Gasteiger partial charge in [0.15, 0.2) is 0 Å². The number of nitrogens with zero attached hydrogens (tertiary/aromatic N) is 3. The smallest absolute Gasteiger partial charge is 0.274 e. The van der Waals surface area contributed by atoms with E-state index in [0.29, 0.717) is 33.2 Å². The van der Waals surface area contributed by atoms with Gasteiger partial charge < -0.3 is 9.15 Å². The number of carbonyl (C=O) groups excluding carboxylic acids is 2. The summed E-state index contributed by atoms with van der Waals surface area (Å²) in [5, 5.41) is 2.28. The van der Waals surface area contributed by atoms with Gasteiger partial charge in [-0.25, -0.2) is 10.5 Å². The maximum absolute atomic E-state index is 13.3. The first kappa shape index (κ1) is 24.0. The monoisotopic (exact) mass is 512 g/mol. The summed E-state index contributed by atoms with van der Waals surface area (Å²) in [6.45, 7) is 0.0713. The highest BCUT2D eigenvalue weighted by Gasteiger charge is 2.21. The van der Waals surface area contributed by atoms with Gasteiger partial charge in [-0.05, 0) is 54.1 Å². The lowest BCUT2D eigenvalue weighted by atomic mass is 10.1. The number of aromatic nitrogens is 3. The number of pyridine rings is 2. The second kappa shape index (κ2) is 10.9.